The fourth-order valence-corrected chi connectivity index (χ4v) is 6.23. The van der Waals surface area contributed by atoms with Crippen molar-refractivity contribution in [3.63, 3.8) is 0 Å². The minimum atomic E-state index is -0.763. The van der Waals surface area contributed by atoms with Gasteiger partial charge in [0.15, 0.2) is 6.10 Å². The first-order chi connectivity index (χ1) is 24.1. The van der Waals surface area contributed by atoms with Crippen molar-refractivity contribution in [3.05, 3.63) is 24.3 Å². The van der Waals surface area contributed by atoms with Gasteiger partial charge in [-0.15, -0.1) is 0 Å². The molecule has 0 aliphatic rings. The lowest BCUT2D eigenvalue weighted by Gasteiger charge is -2.15. The van der Waals surface area contributed by atoms with E-state index < -0.39 is 6.10 Å². The topological polar surface area (TPSA) is 72.8 Å². The first-order valence-electron chi connectivity index (χ1n) is 21.4. The Kier molecular flexibility index (Phi) is 39.5. The number of ether oxygens (including phenoxy) is 2. The molecule has 49 heavy (non-hydrogen) atoms. The maximum atomic E-state index is 12.1. The van der Waals surface area contributed by atoms with Crippen molar-refractivity contribution in [2.45, 2.75) is 232 Å². The third-order valence-electron chi connectivity index (χ3n) is 9.50. The maximum Gasteiger partial charge on any atom is 0.306 e. The quantitative estimate of drug-likeness (QED) is 0.0395. The fourth-order valence-electron chi connectivity index (χ4n) is 6.23. The van der Waals surface area contributed by atoms with E-state index in [1.54, 1.807) is 0 Å². The minimum Gasteiger partial charge on any atom is -0.462 e. The zero-order chi connectivity index (χ0) is 35.7. The minimum absolute atomic E-state index is 0.0620. The molecule has 0 amide bonds. The summed E-state index contributed by atoms with van der Waals surface area (Å²) in [6.07, 6.45) is 48.6. The molecule has 5 heteroatoms. The van der Waals surface area contributed by atoms with Crippen LogP contribution in [0, 0.1) is 0 Å². The Labute approximate surface area is 304 Å². The lowest BCUT2D eigenvalue weighted by molar-refractivity contribution is -0.161. The third-order valence-corrected chi connectivity index (χ3v) is 9.50. The van der Waals surface area contributed by atoms with Gasteiger partial charge in [-0.3, -0.25) is 9.59 Å². The molecule has 0 spiro atoms. The first-order valence-corrected chi connectivity index (χ1v) is 21.4. The summed E-state index contributed by atoms with van der Waals surface area (Å²) in [7, 11) is 0. The predicted molar refractivity (Wildman–Crippen MR) is 210 cm³/mol. The Hall–Kier alpha value is -1.62. The molecule has 0 aromatic heterocycles. The van der Waals surface area contributed by atoms with Gasteiger partial charge in [-0.2, -0.15) is 0 Å². The van der Waals surface area contributed by atoms with E-state index in [1.165, 1.54) is 154 Å². The van der Waals surface area contributed by atoms with Crippen molar-refractivity contribution in [2.75, 3.05) is 13.2 Å². The van der Waals surface area contributed by atoms with Crippen LogP contribution in [0.4, 0.5) is 0 Å². The molecule has 0 radical (unpaired) electrons. The highest BCUT2D eigenvalue weighted by Crippen LogP contribution is 2.15. The molecule has 5 nitrogen and oxygen atoms in total. The molecular weight excluding hydrogens is 608 g/mol. The summed E-state index contributed by atoms with van der Waals surface area (Å²) in [6, 6.07) is 0. The van der Waals surface area contributed by atoms with Crippen LogP contribution in [-0.2, 0) is 19.1 Å². The van der Waals surface area contributed by atoms with Gasteiger partial charge in [-0.1, -0.05) is 192 Å². The van der Waals surface area contributed by atoms with Gasteiger partial charge in [0.1, 0.15) is 6.61 Å². The van der Waals surface area contributed by atoms with Gasteiger partial charge in [-0.25, -0.2) is 0 Å². The molecule has 0 heterocycles. The molecule has 0 aromatic rings. The van der Waals surface area contributed by atoms with Crippen molar-refractivity contribution >= 4 is 11.9 Å². The van der Waals surface area contributed by atoms with E-state index >= 15 is 0 Å². The van der Waals surface area contributed by atoms with Crippen molar-refractivity contribution < 1.29 is 24.2 Å². The van der Waals surface area contributed by atoms with Crippen LogP contribution in [0.25, 0.3) is 0 Å². The van der Waals surface area contributed by atoms with Gasteiger partial charge in [-0.05, 0) is 44.9 Å². The molecule has 0 rings (SSSR count). The van der Waals surface area contributed by atoms with Gasteiger partial charge >= 0.3 is 11.9 Å². The molecule has 0 bridgehead atoms. The molecule has 288 valence electrons. The molecule has 0 aliphatic carbocycles. The second kappa shape index (κ2) is 40.8. The molecule has 0 saturated carbocycles. The molecule has 0 aromatic carbocycles. The number of unbranched alkanes of at least 4 members (excludes halogenated alkanes) is 27. The standard InChI is InChI=1S/C44H82O5/c1-3-5-7-9-11-12-13-14-15-16-17-18-19-20-21-22-23-24-25-26-27-28-29-30-31-32-33-35-37-39-44(47)49-42(40-45)41-48-43(46)38-36-34-10-8-6-4-2/h13-14,16-17,42,45H,3-12,15,18-41H2,1-2H3/b14-13-,17-16-. The van der Waals surface area contributed by atoms with E-state index in [2.05, 4.69) is 38.2 Å². The number of allylic oxidation sites excluding steroid dienone is 4. The van der Waals surface area contributed by atoms with Crippen molar-refractivity contribution in [1.29, 1.82) is 0 Å². The Morgan fingerprint density at radius 3 is 1.20 bits per heavy atom. The molecule has 0 aliphatic heterocycles. The number of aliphatic hydroxyl groups is 1. The van der Waals surface area contributed by atoms with Crippen LogP contribution in [-0.4, -0.2) is 36.4 Å². The van der Waals surface area contributed by atoms with Crippen LogP contribution in [0.1, 0.15) is 226 Å². The van der Waals surface area contributed by atoms with Gasteiger partial charge in [0.2, 0.25) is 0 Å². The Balaban J connectivity index is 3.39. The number of hydrogen-bond acceptors (Lipinski definition) is 5. The van der Waals surface area contributed by atoms with Gasteiger partial charge in [0.05, 0.1) is 6.61 Å². The number of aliphatic hydroxyl groups excluding tert-OH is 1. The SMILES string of the molecule is CCCCCCC/C=C\C/C=C\CCCCCCCCCCCCCCCCCCCC(=O)OC(CO)COC(=O)CCCCCCCC. The zero-order valence-electron chi connectivity index (χ0n) is 32.7. The molecule has 1 unspecified atom stereocenters. The van der Waals surface area contributed by atoms with E-state index in [0.29, 0.717) is 12.8 Å². The van der Waals surface area contributed by atoms with E-state index in [4.69, 9.17) is 9.47 Å². The first kappa shape index (κ1) is 47.4. The summed E-state index contributed by atoms with van der Waals surface area (Å²) < 4.78 is 10.5. The number of rotatable bonds is 39. The van der Waals surface area contributed by atoms with E-state index in [0.717, 1.165) is 44.9 Å². The maximum absolute atomic E-state index is 12.1. The van der Waals surface area contributed by atoms with Crippen LogP contribution in [0.2, 0.25) is 0 Å². The number of carbonyl (C=O) groups is 2. The number of hydrogen-bond donors (Lipinski definition) is 1. The van der Waals surface area contributed by atoms with Gasteiger partial charge in [0.25, 0.3) is 0 Å². The Bertz CT molecular complexity index is 746. The summed E-state index contributed by atoms with van der Waals surface area (Å²) in [5.74, 6) is -0.593. The monoisotopic (exact) mass is 691 g/mol. The summed E-state index contributed by atoms with van der Waals surface area (Å²) in [4.78, 5) is 24.0. The van der Waals surface area contributed by atoms with Crippen LogP contribution >= 0.6 is 0 Å². The summed E-state index contributed by atoms with van der Waals surface area (Å²) in [5, 5.41) is 9.49. The molecular formula is C44H82O5. The number of esters is 2. The predicted octanol–water partition coefficient (Wildman–Crippen LogP) is 13.5. The average Bonchev–Trinajstić information content (AvgIpc) is 3.10. The molecule has 0 fully saturated rings. The van der Waals surface area contributed by atoms with E-state index in [1.807, 2.05) is 0 Å². The van der Waals surface area contributed by atoms with Crippen LogP contribution in [0.5, 0.6) is 0 Å². The van der Waals surface area contributed by atoms with Crippen LogP contribution < -0.4 is 0 Å². The second-order valence-corrected chi connectivity index (χ2v) is 14.4. The highest BCUT2D eigenvalue weighted by Gasteiger charge is 2.16. The summed E-state index contributed by atoms with van der Waals surface area (Å²) in [6.45, 7) is 4.07. The summed E-state index contributed by atoms with van der Waals surface area (Å²) >= 11 is 0. The second-order valence-electron chi connectivity index (χ2n) is 14.4. The fraction of sp³-hybridized carbons (Fsp3) is 0.864. The van der Waals surface area contributed by atoms with Crippen molar-refractivity contribution in [2.24, 2.45) is 0 Å². The van der Waals surface area contributed by atoms with Crippen molar-refractivity contribution in [3.8, 4) is 0 Å². The van der Waals surface area contributed by atoms with E-state index in [-0.39, 0.29) is 25.2 Å². The van der Waals surface area contributed by atoms with E-state index in [9.17, 15) is 14.7 Å². The lowest BCUT2D eigenvalue weighted by Crippen LogP contribution is -2.28. The smallest absolute Gasteiger partial charge is 0.306 e. The van der Waals surface area contributed by atoms with Crippen LogP contribution in [0.3, 0.4) is 0 Å². The Morgan fingerprint density at radius 1 is 0.469 bits per heavy atom. The molecule has 1 N–H and O–H groups in total. The highest BCUT2D eigenvalue weighted by molar-refractivity contribution is 5.70. The third kappa shape index (κ3) is 39.0. The molecule has 0 saturated heterocycles. The lowest BCUT2D eigenvalue weighted by atomic mass is 10.0. The van der Waals surface area contributed by atoms with Gasteiger partial charge < -0.3 is 14.6 Å². The average molecular weight is 691 g/mol. The molecule has 1 atom stereocenters. The van der Waals surface area contributed by atoms with Crippen LogP contribution in [0.15, 0.2) is 24.3 Å². The number of carbonyl (C=O) groups excluding carboxylic acids is 2. The largest absolute Gasteiger partial charge is 0.462 e. The van der Waals surface area contributed by atoms with Gasteiger partial charge in [0, 0.05) is 12.8 Å². The zero-order valence-corrected chi connectivity index (χ0v) is 32.7. The normalized spacial score (nSPS) is 12.3. The van der Waals surface area contributed by atoms with Crippen molar-refractivity contribution in [1.82, 2.24) is 0 Å². The highest BCUT2D eigenvalue weighted by atomic mass is 16.6. The Morgan fingerprint density at radius 2 is 0.816 bits per heavy atom. The summed E-state index contributed by atoms with van der Waals surface area (Å²) in [5.41, 5.74) is 0.